The van der Waals surface area contributed by atoms with Crippen LogP contribution >= 0.6 is 0 Å². The van der Waals surface area contributed by atoms with Crippen LogP contribution in [0.2, 0.25) is 0 Å². The first-order valence-corrected chi connectivity index (χ1v) is 5.67. The Morgan fingerprint density at radius 1 is 1.69 bits per heavy atom. The molecule has 4 heteroatoms. The molecule has 86 valence electrons. The molecule has 0 aliphatic carbocycles. The van der Waals surface area contributed by atoms with E-state index >= 15 is 0 Å². The highest BCUT2D eigenvalue weighted by molar-refractivity contribution is 5.51. The highest BCUT2D eigenvalue weighted by atomic mass is 16.1. The minimum atomic E-state index is 0.553. The molecule has 1 aromatic heterocycles. The van der Waals surface area contributed by atoms with Crippen molar-refractivity contribution in [1.82, 2.24) is 10.3 Å². The number of carbonyl (C=O) groups is 1. The highest BCUT2D eigenvalue weighted by Crippen LogP contribution is 2.24. The van der Waals surface area contributed by atoms with Crippen molar-refractivity contribution in [2.45, 2.75) is 19.9 Å². The number of aromatic nitrogens is 1. The summed E-state index contributed by atoms with van der Waals surface area (Å²) in [5.74, 6) is 1.75. The van der Waals surface area contributed by atoms with Crippen molar-refractivity contribution < 1.29 is 4.79 Å². The highest BCUT2D eigenvalue weighted by Gasteiger charge is 2.21. The normalized spacial score (nSPS) is 19.8. The van der Waals surface area contributed by atoms with E-state index in [1.54, 1.807) is 0 Å². The molecule has 1 saturated heterocycles. The van der Waals surface area contributed by atoms with Crippen molar-refractivity contribution in [2.24, 2.45) is 5.92 Å². The van der Waals surface area contributed by atoms with Gasteiger partial charge in [-0.15, -0.1) is 0 Å². The molecular formula is C12H17N3O. The topological polar surface area (TPSA) is 45.2 Å². The smallest absolute Gasteiger partial charge is 0.207 e. The van der Waals surface area contributed by atoms with E-state index < -0.39 is 0 Å². The van der Waals surface area contributed by atoms with Crippen LogP contribution < -0.4 is 10.2 Å². The van der Waals surface area contributed by atoms with Gasteiger partial charge in [0.25, 0.3) is 0 Å². The summed E-state index contributed by atoms with van der Waals surface area (Å²) in [6.45, 7) is 4.93. The standard InChI is InChI=1S/C12H17N3O/c1-10-4-6-15(8-10)12-11(7-13-9-16)3-2-5-14-12/h2-3,5,9-10H,4,6-8H2,1H3,(H,13,16). The SMILES string of the molecule is CC1CCN(c2ncccc2CNC=O)C1. The monoisotopic (exact) mass is 219 g/mol. The minimum absolute atomic E-state index is 0.553. The Balaban J connectivity index is 2.15. The molecule has 1 N–H and O–H groups in total. The Bertz CT molecular complexity index is 367. The molecule has 1 amide bonds. The summed E-state index contributed by atoms with van der Waals surface area (Å²) in [5.41, 5.74) is 1.09. The molecule has 2 heterocycles. The molecular weight excluding hydrogens is 202 g/mol. The lowest BCUT2D eigenvalue weighted by Gasteiger charge is -2.20. The number of hydrogen-bond acceptors (Lipinski definition) is 3. The van der Waals surface area contributed by atoms with Crippen molar-refractivity contribution >= 4 is 12.2 Å². The lowest BCUT2D eigenvalue weighted by molar-refractivity contribution is -0.109. The third-order valence-corrected chi connectivity index (χ3v) is 2.97. The van der Waals surface area contributed by atoms with Crippen LogP contribution in [0, 0.1) is 5.92 Å². The van der Waals surface area contributed by atoms with Gasteiger partial charge in [-0.3, -0.25) is 4.79 Å². The number of nitrogens with zero attached hydrogens (tertiary/aromatic N) is 2. The van der Waals surface area contributed by atoms with Crippen LogP contribution in [-0.4, -0.2) is 24.5 Å². The maximum atomic E-state index is 10.3. The van der Waals surface area contributed by atoms with E-state index in [0.717, 1.165) is 36.8 Å². The zero-order valence-corrected chi connectivity index (χ0v) is 9.52. The molecule has 0 saturated carbocycles. The van der Waals surface area contributed by atoms with Crippen LogP contribution in [0.1, 0.15) is 18.9 Å². The van der Waals surface area contributed by atoms with Crippen LogP contribution in [0.4, 0.5) is 5.82 Å². The molecule has 1 unspecified atom stereocenters. The maximum Gasteiger partial charge on any atom is 0.207 e. The quantitative estimate of drug-likeness (QED) is 0.773. The van der Waals surface area contributed by atoms with Gasteiger partial charge in [0, 0.05) is 31.4 Å². The van der Waals surface area contributed by atoms with E-state index in [-0.39, 0.29) is 0 Å². The van der Waals surface area contributed by atoms with Gasteiger partial charge in [-0.2, -0.15) is 0 Å². The summed E-state index contributed by atoms with van der Waals surface area (Å²) >= 11 is 0. The van der Waals surface area contributed by atoms with E-state index in [2.05, 4.69) is 22.1 Å². The van der Waals surface area contributed by atoms with E-state index in [9.17, 15) is 4.79 Å². The van der Waals surface area contributed by atoms with Crippen LogP contribution in [0.5, 0.6) is 0 Å². The molecule has 2 rings (SSSR count). The van der Waals surface area contributed by atoms with E-state index in [1.807, 2.05) is 18.3 Å². The lowest BCUT2D eigenvalue weighted by Crippen LogP contribution is -2.23. The first-order chi connectivity index (χ1) is 7.81. The molecule has 0 radical (unpaired) electrons. The van der Waals surface area contributed by atoms with Crippen molar-refractivity contribution in [2.75, 3.05) is 18.0 Å². The molecule has 1 aliphatic heterocycles. The summed E-state index contributed by atoms with van der Waals surface area (Å²) in [4.78, 5) is 17.0. The predicted octanol–water partition coefficient (Wildman–Crippen LogP) is 1.17. The van der Waals surface area contributed by atoms with Crippen molar-refractivity contribution in [3.8, 4) is 0 Å². The molecule has 16 heavy (non-hydrogen) atoms. The Kier molecular flexibility index (Phi) is 3.39. The first-order valence-electron chi connectivity index (χ1n) is 5.67. The Labute approximate surface area is 95.7 Å². The molecule has 1 aromatic rings. The number of amides is 1. The second-order valence-corrected chi connectivity index (χ2v) is 4.32. The summed E-state index contributed by atoms with van der Waals surface area (Å²) < 4.78 is 0. The van der Waals surface area contributed by atoms with Crippen molar-refractivity contribution in [1.29, 1.82) is 0 Å². The Morgan fingerprint density at radius 2 is 2.56 bits per heavy atom. The van der Waals surface area contributed by atoms with Crippen LogP contribution in [-0.2, 0) is 11.3 Å². The van der Waals surface area contributed by atoms with Gasteiger partial charge in [-0.25, -0.2) is 4.98 Å². The average molecular weight is 219 g/mol. The number of pyridine rings is 1. The van der Waals surface area contributed by atoms with Gasteiger partial charge < -0.3 is 10.2 Å². The van der Waals surface area contributed by atoms with Gasteiger partial charge in [0.05, 0.1) is 0 Å². The fraction of sp³-hybridized carbons (Fsp3) is 0.500. The number of rotatable bonds is 4. The molecule has 0 bridgehead atoms. The van der Waals surface area contributed by atoms with Crippen LogP contribution in [0.3, 0.4) is 0 Å². The van der Waals surface area contributed by atoms with Gasteiger partial charge in [0.15, 0.2) is 0 Å². The zero-order chi connectivity index (χ0) is 11.4. The van der Waals surface area contributed by atoms with Gasteiger partial charge in [-0.05, 0) is 18.4 Å². The van der Waals surface area contributed by atoms with Crippen LogP contribution in [0.15, 0.2) is 18.3 Å². The Morgan fingerprint density at radius 3 is 3.25 bits per heavy atom. The molecule has 1 atom stereocenters. The minimum Gasteiger partial charge on any atom is -0.356 e. The summed E-state index contributed by atoms with van der Waals surface area (Å²) in [6.07, 6.45) is 3.75. The van der Waals surface area contributed by atoms with Crippen LogP contribution in [0.25, 0.3) is 0 Å². The van der Waals surface area contributed by atoms with Gasteiger partial charge in [0.2, 0.25) is 6.41 Å². The summed E-state index contributed by atoms with van der Waals surface area (Å²) in [6, 6.07) is 3.92. The Hall–Kier alpha value is -1.58. The van der Waals surface area contributed by atoms with Gasteiger partial charge in [-0.1, -0.05) is 13.0 Å². The summed E-state index contributed by atoms with van der Waals surface area (Å²) in [5, 5.41) is 2.69. The third kappa shape index (κ3) is 2.32. The van der Waals surface area contributed by atoms with E-state index in [4.69, 9.17) is 0 Å². The number of hydrogen-bond donors (Lipinski definition) is 1. The summed E-state index contributed by atoms with van der Waals surface area (Å²) in [7, 11) is 0. The van der Waals surface area contributed by atoms with Gasteiger partial charge in [0.1, 0.15) is 5.82 Å². The van der Waals surface area contributed by atoms with Crippen molar-refractivity contribution in [3.63, 3.8) is 0 Å². The number of carbonyl (C=O) groups excluding carboxylic acids is 1. The largest absolute Gasteiger partial charge is 0.356 e. The number of anilines is 1. The first kappa shape index (κ1) is 10.9. The maximum absolute atomic E-state index is 10.3. The van der Waals surface area contributed by atoms with Crippen molar-refractivity contribution in [3.05, 3.63) is 23.9 Å². The molecule has 0 spiro atoms. The molecule has 0 aromatic carbocycles. The lowest BCUT2D eigenvalue weighted by atomic mass is 10.2. The molecule has 1 aliphatic rings. The third-order valence-electron chi connectivity index (χ3n) is 2.97. The zero-order valence-electron chi connectivity index (χ0n) is 9.52. The average Bonchev–Trinajstić information content (AvgIpc) is 2.73. The number of nitrogens with one attached hydrogen (secondary N) is 1. The van der Waals surface area contributed by atoms with E-state index in [1.165, 1.54) is 6.42 Å². The second-order valence-electron chi connectivity index (χ2n) is 4.32. The second kappa shape index (κ2) is 4.96. The van der Waals surface area contributed by atoms with E-state index in [0.29, 0.717) is 6.54 Å². The fourth-order valence-corrected chi connectivity index (χ4v) is 2.13. The fourth-order valence-electron chi connectivity index (χ4n) is 2.13. The molecule has 1 fully saturated rings. The molecule has 4 nitrogen and oxygen atoms in total. The van der Waals surface area contributed by atoms with Gasteiger partial charge >= 0.3 is 0 Å². The predicted molar refractivity (Wildman–Crippen MR) is 63.1 cm³/mol.